The van der Waals surface area contributed by atoms with E-state index in [0.29, 0.717) is 20.7 Å². The number of carbonyl (C=O) groups is 1. The van der Waals surface area contributed by atoms with E-state index in [2.05, 4.69) is 15.5 Å². The van der Waals surface area contributed by atoms with Crippen LogP contribution in [0.2, 0.25) is 5.02 Å². The lowest BCUT2D eigenvalue weighted by atomic mass is 10.2. The number of nitrogens with zero attached hydrogens (tertiary/aromatic N) is 2. The van der Waals surface area contributed by atoms with Crippen molar-refractivity contribution >= 4 is 45.7 Å². The number of rotatable bonds is 6. The summed E-state index contributed by atoms with van der Waals surface area (Å²) >= 11 is 9.17. The number of halogens is 1. The number of ether oxygens (including phenoxy) is 1. The third-order valence-corrected chi connectivity index (χ3v) is 6.74. The lowest BCUT2D eigenvalue weighted by Crippen LogP contribution is -2.14. The van der Waals surface area contributed by atoms with Crippen LogP contribution in [-0.4, -0.2) is 34.6 Å². The number of aromatic nitrogens is 2. The molecule has 2 aromatic carbocycles. The molecule has 1 atom stereocenters. The zero-order chi connectivity index (χ0) is 19.3. The summed E-state index contributed by atoms with van der Waals surface area (Å²) in [5.41, 5.74) is 1.43. The Hall–Kier alpha value is -1.93. The molecule has 0 aliphatic carbocycles. The Bertz CT molecular complexity index is 973. The summed E-state index contributed by atoms with van der Waals surface area (Å²) in [5.74, 6) is 0.650. The van der Waals surface area contributed by atoms with Crippen molar-refractivity contribution in [2.45, 2.75) is 23.8 Å². The molecule has 0 bridgehead atoms. The number of benzene rings is 2. The van der Waals surface area contributed by atoms with Gasteiger partial charge in [0, 0.05) is 22.8 Å². The monoisotopic (exact) mass is 431 g/mol. The van der Waals surface area contributed by atoms with Crippen LogP contribution in [0.5, 0.6) is 0 Å². The summed E-state index contributed by atoms with van der Waals surface area (Å²) in [7, 11) is 0. The average Bonchev–Trinajstić information content (AvgIpc) is 3.39. The molecule has 28 heavy (non-hydrogen) atoms. The highest BCUT2D eigenvalue weighted by Gasteiger charge is 2.19. The largest absolute Gasteiger partial charge is 0.377 e. The SMILES string of the molecule is O=C(Nc1nnc(-c2ccccc2Cl)s1)c1ccccc1SCC1CCCO1. The van der Waals surface area contributed by atoms with Gasteiger partial charge in [-0.15, -0.1) is 22.0 Å². The first-order valence-corrected chi connectivity index (χ1v) is 11.1. The molecule has 1 amide bonds. The van der Waals surface area contributed by atoms with Crippen molar-refractivity contribution in [3.05, 3.63) is 59.1 Å². The summed E-state index contributed by atoms with van der Waals surface area (Å²) in [6.45, 7) is 0.832. The molecule has 0 radical (unpaired) electrons. The molecule has 2 heterocycles. The Morgan fingerprint density at radius 1 is 1.21 bits per heavy atom. The molecule has 8 heteroatoms. The van der Waals surface area contributed by atoms with Gasteiger partial charge in [0.05, 0.1) is 16.7 Å². The van der Waals surface area contributed by atoms with Gasteiger partial charge in [0.15, 0.2) is 5.01 Å². The van der Waals surface area contributed by atoms with Crippen molar-refractivity contribution in [2.75, 3.05) is 17.7 Å². The average molecular weight is 432 g/mol. The molecule has 0 spiro atoms. The highest BCUT2D eigenvalue weighted by molar-refractivity contribution is 7.99. The van der Waals surface area contributed by atoms with Crippen LogP contribution in [0.3, 0.4) is 0 Å². The maximum atomic E-state index is 12.8. The second-order valence-electron chi connectivity index (χ2n) is 6.29. The summed E-state index contributed by atoms with van der Waals surface area (Å²) < 4.78 is 5.68. The number of thioether (sulfide) groups is 1. The fourth-order valence-corrected chi connectivity index (χ4v) is 5.10. The van der Waals surface area contributed by atoms with Gasteiger partial charge in [-0.2, -0.15) is 0 Å². The summed E-state index contributed by atoms with van der Waals surface area (Å²) in [6.07, 6.45) is 2.46. The maximum absolute atomic E-state index is 12.8. The molecule has 1 fully saturated rings. The van der Waals surface area contributed by atoms with Crippen molar-refractivity contribution in [2.24, 2.45) is 0 Å². The highest BCUT2D eigenvalue weighted by Crippen LogP contribution is 2.32. The fourth-order valence-electron chi connectivity index (χ4n) is 2.92. The number of nitrogens with one attached hydrogen (secondary N) is 1. The molecule has 4 rings (SSSR count). The standard InChI is InChI=1S/C20H18ClN3O2S2/c21-16-9-3-1-7-14(16)19-23-24-20(28-19)22-18(25)15-8-2-4-10-17(15)27-12-13-6-5-11-26-13/h1-4,7-10,13H,5-6,11-12H2,(H,22,24,25). The topological polar surface area (TPSA) is 64.1 Å². The molecule has 5 nitrogen and oxygen atoms in total. The van der Waals surface area contributed by atoms with Crippen LogP contribution in [0.1, 0.15) is 23.2 Å². The number of carbonyl (C=O) groups excluding carboxylic acids is 1. The number of hydrogen-bond acceptors (Lipinski definition) is 6. The molecule has 1 aromatic heterocycles. The van der Waals surface area contributed by atoms with Crippen LogP contribution >= 0.6 is 34.7 Å². The summed E-state index contributed by atoms with van der Waals surface area (Å²) in [6, 6.07) is 15.0. The van der Waals surface area contributed by atoms with Gasteiger partial charge in [0.2, 0.25) is 5.13 Å². The van der Waals surface area contributed by atoms with Crippen LogP contribution in [0, 0.1) is 0 Å². The van der Waals surface area contributed by atoms with Gasteiger partial charge in [-0.25, -0.2) is 0 Å². The minimum absolute atomic E-state index is 0.197. The van der Waals surface area contributed by atoms with Crippen molar-refractivity contribution in [3.8, 4) is 10.6 Å². The van der Waals surface area contributed by atoms with Gasteiger partial charge >= 0.3 is 0 Å². The van der Waals surface area contributed by atoms with Gasteiger partial charge in [0.1, 0.15) is 0 Å². The molecule has 3 aromatic rings. The van der Waals surface area contributed by atoms with Gasteiger partial charge < -0.3 is 4.74 Å². The number of hydrogen-bond donors (Lipinski definition) is 1. The second kappa shape index (κ2) is 9.05. The minimum atomic E-state index is -0.197. The Morgan fingerprint density at radius 2 is 2.04 bits per heavy atom. The molecule has 1 saturated heterocycles. The predicted octanol–water partition coefficient (Wildman–Crippen LogP) is 5.38. The maximum Gasteiger partial charge on any atom is 0.258 e. The van der Waals surface area contributed by atoms with Crippen LogP contribution < -0.4 is 5.32 Å². The zero-order valence-corrected chi connectivity index (χ0v) is 17.3. The minimum Gasteiger partial charge on any atom is -0.377 e. The van der Waals surface area contributed by atoms with Crippen LogP contribution in [-0.2, 0) is 4.74 Å². The third-order valence-electron chi connectivity index (χ3n) is 4.33. The Balaban J connectivity index is 1.46. The summed E-state index contributed by atoms with van der Waals surface area (Å²) in [4.78, 5) is 13.7. The van der Waals surface area contributed by atoms with Gasteiger partial charge in [-0.3, -0.25) is 10.1 Å². The lowest BCUT2D eigenvalue weighted by molar-refractivity contribution is 0.102. The van der Waals surface area contributed by atoms with Crippen molar-refractivity contribution in [1.29, 1.82) is 0 Å². The Kier molecular flexibility index (Phi) is 6.26. The van der Waals surface area contributed by atoms with E-state index in [1.165, 1.54) is 11.3 Å². The van der Waals surface area contributed by atoms with Crippen molar-refractivity contribution < 1.29 is 9.53 Å². The van der Waals surface area contributed by atoms with E-state index < -0.39 is 0 Å². The molecular weight excluding hydrogens is 414 g/mol. The van der Waals surface area contributed by atoms with Gasteiger partial charge in [0.25, 0.3) is 5.91 Å². The van der Waals surface area contributed by atoms with Gasteiger partial charge in [-0.1, -0.05) is 53.3 Å². The molecule has 0 saturated carbocycles. The first-order valence-electron chi connectivity index (χ1n) is 8.94. The van der Waals surface area contributed by atoms with E-state index in [4.69, 9.17) is 16.3 Å². The molecule has 1 unspecified atom stereocenters. The number of amides is 1. The van der Waals surface area contributed by atoms with E-state index in [1.807, 2.05) is 42.5 Å². The van der Waals surface area contributed by atoms with Crippen LogP contribution in [0.25, 0.3) is 10.6 Å². The molecular formula is C20H18ClN3O2S2. The first-order chi connectivity index (χ1) is 13.7. The molecule has 1 aliphatic heterocycles. The van der Waals surface area contributed by atoms with Gasteiger partial charge in [-0.05, 0) is 31.0 Å². The highest BCUT2D eigenvalue weighted by atomic mass is 35.5. The molecule has 1 aliphatic rings. The zero-order valence-electron chi connectivity index (χ0n) is 14.9. The van der Waals surface area contributed by atoms with E-state index >= 15 is 0 Å². The van der Waals surface area contributed by atoms with Crippen LogP contribution in [0.4, 0.5) is 5.13 Å². The first kappa shape index (κ1) is 19.4. The lowest BCUT2D eigenvalue weighted by Gasteiger charge is -2.11. The van der Waals surface area contributed by atoms with E-state index in [0.717, 1.165) is 35.7 Å². The van der Waals surface area contributed by atoms with Crippen molar-refractivity contribution in [1.82, 2.24) is 10.2 Å². The number of anilines is 1. The third kappa shape index (κ3) is 4.55. The quantitative estimate of drug-likeness (QED) is 0.530. The smallest absolute Gasteiger partial charge is 0.258 e. The van der Waals surface area contributed by atoms with E-state index in [9.17, 15) is 4.79 Å². The van der Waals surface area contributed by atoms with E-state index in [-0.39, 0.29) is 12.0 Å². The molecule has 1 N–H and O–H groups in total. The van der Waals surface area contributed by atoms with Crippen molar-refractivity contribution in [3.63, 3.8) is 0 Å². The Labute approximate surface area is 176 Å². The normalized spacial score (nSPS) is 16.2. The fraction of sp³-hybridized carbons (Fsp3) is 0.250. The predicted molar refractivity (Wildman–Crippen MR) is 114 cm³/mol. The Morgan fingerprint density at radius 3 is 2.86 bits per heavy atom. The van der Waals surface area contributed by atoms with E-state index in [1.54, 1.807) is 17.8 Å². The summed E-state index contributed by atoms with van der Waals surface area (Å²) in [5, 5.41) is 12.8. The molecule has 144 valence electrons. The second-order valence-corrected chi connectivity index (χ2v) is 8.74. The van der Waals surface area contributed by atoms with Crippen LogP contribution in [0.15, 0.2) is 53.4 Å².